The molecule has 5 nitrogen and oxygen atoms in total. The van der Waals surface area contributed by atoms with Gasteiger partial charge in [-0.2, -0.15) is 0 Å². The van der Waals surface area contributed by atoms with Gasteiger partial charge < -0.3 is 15.9 Å². The Kier molecular flexibility index (Phi) is 3.28. The maximum atomic E-state index is 11.0. The Morgan fingerprint density at radius 2 is 2.10 bits per heavy atom. The van der Waals surface area contributed by atoms with Crippen molar-refractivity contribution >= 4 is 5.91 Å². The predicted octanol–water partition coefficient (Wildman–Crippen LogP) is -0.459. The second kappa shape index (κ2) is 4.84. The lowest BCUT2D eigenvalue weighted by Crippen LogP contribution is -2.32. The summed E-state index contributed by atoms with van der Waals surface area (Å²) >= 11 is 0. The van der Waals surface area contributed by atoms with Gasteiger partial charge in [0.25, 0.3) is 0 Å². The van der Waals surface area contributed by atoms with Crippen molar-refractivity contribution in [3.05, 3.63) is 35.9 Å². The van der Waals surface area contributed by atoms with Gasteiger partial charge in [-0.15, -0.1) is 0 Å². The van der Waals surface area contributed by atoms with Gasteiger partial charge in [-0.25, -0.2) is 0 Å². The van der Waals surface area contributed by atoms with Gasteiger partial charge in [-0.1, -0.05) is 30.3 Å². The second-order valence-electron chi connectivity index (χ2n) is 5.94. The molecule has 4 N–H and O–H groups in total. The zero-order chi connectivity index (χ0) is 14.3. The molecular weight excluding hydrogens is 256 g/mol. The SMILES string of the molecule is NC(=O)CN1C[C@@H](O)[C@@]2(C1)[C@H](CO)[C@H]2c1ccccc1. The fraction of sp³-hybridized carbons (Fsp3) is 0.533. The van der Waals surface area contributed by atoms with Crippen LogP contribution in [0.3, 0.4) is 0 Å². The minimum absolute atomic E-state index is 0.0535. The number of hydrogen-bond donors (Lipinski definition) is 3. The largest absolute Gasteiger partial charge is 0.396 e. The van der Waals surface area contributed by atoms with E-state index in [-0.39, 0.29) is 36.3 Å². The lowest BCUT2D eigenvalue weighted by molar-refractivity contribution is -0.119. The Balaban J connectivity index is 1.83. The van der Waals surface area contributed by atoms with E-state index in [1.165, 1.54) is 0 Å². The zero-order valence-electron chi connectivity index (χ0n) is 11.3. The third-order valence-electron chi connectivity index (χ3n) is 4.85. The summed E-state index contributed by atoms with van der Waals surface area (Å²) in [4.78, 5) is 12.9. The average Bonchev–Trinajstić information content (AvgIpc) is 2.96. The molecule has 1 saturated carbocycles. The number of primary amides is 1. The van der Waals surface area contributed by atoms with Crippen LogP contribution < -0.4 is 5.73 Å². The van der Waals surface area contributed by atoms with Gasteiger partial charge in [-0.3, -0.25) is 9.69 Å². The van der Waals surface area contributed by atoms with E-state index in [1.54, 1.807) is 0 Å². The minimum atomic E-state index is -0.524. The van der Waals surface area contributed by atoms with Gasteiger partial charge in [0.1, 0.15) is 0 Å². The van der Waals surface area contributed by atoms with Crippen molar-refractivity contribution in [2.75, 3.05) is 26.2 Å². The second-order valence-corrected chi connectivity index (χ2v) is 5.94. The third kappa shape index (κ3) is 1.93. The molecule has 1 heterocycles. The van der Waals surface area contributed by atoms with Crippen molar-refractivity contribution in [2.24, 2.45) is 17.1 Å². The maximum Gasteiger partial charge on any atom is 0.231 e. The van der Waals surface area contributed by atoms with E-state index in [0.717, 1.165) is 5.56 Å². The summed E-state index contributed by atoms with van der Waals surface area (Å²) in [6.07, 6.45) is -0.524. The van der Waals surface area contributed by atoms with Crippen LogP contribution in [0.2, 0.25) is 0 Å². The summed E-state index contributed by atoms with van der Waals surface area (Å²) in [6, 6.07) is 9.96. The molecule has 0 unspecified atom stereocenters. The number of β-amino-alcohol motifs (C(OH)–C–C–N with tert-alkyl or cyclic N) is 1. The van der Waals surface area contributed by atoms with E-state index >= 15 is 0 Å². The van der Waals surface area contributed by atoms with Crippen molar-refractivity contribution in [3.8, 4) is 0 Å². The number of nitrogens with two attached hydrogens (primary N) is 1. The Morgan fingerprint density at radius 1 is 1.40 bits per heavy atom. The standard InChI is InChI=1S/C15H20N2O3/c16-13(20)7-17-6-12(19)15(9-17)11(8-18)14(15)10-4-2-1-3-5-10/h1-5,11-12,14,18-19H,6-9H2,(H2,16,20)/t11-,12-,14-,15-/m1/s1. The summed E-state index contributed by atoms with van der Waals surface area (Å²) in [5.41, 5.74) is 6.05. The number of carbonyl (C=O) groups is 1. The molecule has 0 radical (unpaired) electrons. The maximum absolute atomic E-state index is 11.0. The van der Waals surface area contributed by atoms with Crippen LogP contribution in [0.15, 0.2) is 30.3 Å². The zero-order valence-corrected chi connectivity index (χ0v) is 11.3. The number of likely N-dealkylation sites (tertiary alicyclic amines) is 1. The normalized spacial score (nSPS) is 36.4. The Hall–Kier alpha value is -1.43. The molecule has 108 valence electrons. The van der Waals surface area contributed by atoms with Gasteiger partial charge in [0.05, 0.1) is 12.6 Å². The summed E-state index contributed by atoms with van der Waals surface area (Å²) in [7, 11) is 0. The fourth-order valence-electron chi connectivity index (χ4n) is 4.00. The summed E-state index contributed by atoms with van der Waals surface area (Å²) < 4.78 is 0. The number of nitrogens with zero attached hydrogens (tertiary/aromatic N) is 1. The van der Waals surface area contributed by atoms with Crippen molar-refractivity contribution in [1.29, 1.82) is 0 Å². The molecule has 3 rings (SSSR count). The third-order valence-corrected chi connectivity index (χ3v) is 4.85. The molecule has 1 aliphatic heterocycles. The number of benzene rings is 1. The van der Waals surface area contributed by atoms with Crippen LogP contribution in [0.5, 0.6) is 0 Å². The van der Waals surface area contributed by atoms with Crippen LogP contribution in [-0.4, -0.2) is 53.4 Å². The van der Waals surface area contributed by atoms with Crippen LogP contribution in [0, 0.1) is 11.3 Å². The molecule has 1 aromatic rings. The van der Waals surface area contributed by atoms with E-state index < -0.39 is 6.10 Å². The van der Waals surface area contributed by atoms with Gasteiger partial charge in [0, 0.05) is 25.1 Å². The highest BCUT2D eigenvalue weighted by molar-refractivity contribution is 5.76. The van der Waals surface area contributed by atoms with E-state index in [0.29, 0.717) is 13.1 Å². The monoisotopic (exact) mass is 276 g/mol. The quantitative estimate of drug-likeness (QED) is 0.694. The molecule has 1 aliphatic carbocycles. The van der Waals surface area contributed by atoms with Gasteiger partial charge in [0.15, 0.2) is 0 Å². The van der Waals surface area contributed by atoms with Crippen LogP contribution in [-0.2, 0) is 4.79 Å². The van der Waals surface area contributed by atoms with Crippen molar-refractivity contribution in [1.82, 2.24) is 4.90 Å². The highest BCUT2D eigenvalue weighted by Crippen LogP contribution is 2.68. The molecule has 0 aromatic heterocycles. The molecule has 1 amide bonds. The predicted molar refractivity (Wildman–Crippen MR) is 73.8 cm³/mol. The fourth-order valence-corrected chi connectivity index (χ4v) is 4.00. The molecule has 2 aliphatic rings. The molecule has 4 atom stereocenters. The van der Waals surface area contributed by atoms with Crippen molar-refractivity contribution in [3.63, 3.8) is 0 Å². The molecule has 2 fully saturated rings. The number of aliphatic hydroxyl groups is 2. The van der Waals surface area contributed by atoms with E-state index in [4.69, 9.17) is 5.73 Å². The van der Waals surface area contributed by atoms with Crippen LogP contribution >= 0.6 is 0 Å². The summed E-state index contributed by atoms with van der Waals surface area (Å²) in [5.74, 6) is -0.175. The number of rotatable bonds is 4. The van der Waals surface area contributed by atoms with Crippen LogP contribution in [0.1, 0.15) is 11.5 Å². The van der Waals surface area contributed by atoms with E-state index in [2.05, 4.69) is 0 Å². The molecule has 0 bridgehead atoms. The summed E-state index contributed by atoms with van der Waals surface area (Å²) in [6.45, 7) is 1.28. The molecule has 1 aromatic carbocycles. The number of hydrogen-bond acceptors (Lipinski definition) is 4. The average molecular weight is 276 g/mol. The van der Waals surface area contributed by atoms with Crippen LogP contribution in [0.4, 0.5) is 0 Å². The Labute approximate surface area is 118 Å². The van der Waals surface area contributed by atoms with E-state index in [1.807, 2.05) is 35.2 Å². The van der Waals surface area contributed by atoms with Gasteiger partial charge in [0.2, 0.25) is 5.91 Å². The van der Waals surface area contributed by atoms with E-state index in [9.17, 15) is 15.0 Å². The number of carbonyl (C=O) groups excluding carboxylic acids is 1. The highest BCUT2D eigenvalue weighted by Gasteiger charge is 2.70. The molecule has 5 heteroatoms. The Bertz CT molecular complexity index is 507. The van der Waals surface area contributed by atoms with Gasteiger partial charge >= 0.3 is 0 Å². The highest BCUT2D eigenvalue weighted by atomic mass is 16.3. The first kappa shape index (κ1) is 13.5. The topological polar surface area (TPSA) is 86.8 Å². The summed E-state index contributed by atoms with van der Waals surface area (Å²) in [5, 5.41) is 20.1. The molecule has 20 heavy (non-hydrogen) atoms. The first-order valence-electron chi connectivity index (χ1n) is 6.94. The van der Waals surface area contributed by atoms with Crippen molar-refractivity contribution in [2.45, 2.75) is 12.0 Å². The van der Waals surface area contributed by atoms with Gasteiger partial charge in [-0.05, 0) is 17.4 Å². The molecule has 1 saturated heterocycles. The lowest BCUT2D eigenvalue weighted by atomic mass is 9.95. The lowest BCUT2D eigenvalue weighted by Gasteiger charge is -2.15. The molecule has 1 spiro atoms. The first-order valence-corrected chi connectivity index (χ1v) is 6.94. The number of amides is 1. The minimum Gasteiger partial charge on any atom is -0.396 e. The van der Waals surface area contributed by atoms with Crippen molar-refractivity contribution < 1.29 is 15.0 Å². The number of aliphatic hydroxyl groups excluding tert-OH is 2. The van der Waals surface area contributed by atoms with Crippen LogP contribution in [0.25, 0.3) is 0 Å². The Morgan fingerprint density at radius 3 is 2.70 bits per heavy atom. The first-order chi connectivity index (χ1) is 9.59. The smallest absolute Gasteiger partial charge is 0.231 e. The molecular formula is C15H20N2O3.